The molecule has 0 fully saturated rings. The van der Waals surface area contributed by atoms with Crippen LogP contribution in [0.4, 0.5) is 0 Å². The van der Waals surface area contributed by atoms with Crippen LogP contribution in [0.15, 0.2) is 0 Å². The first-order valence-electron chi connectivity index (χ1n) is 4.15. The van der Waals surface area contributed by atoms with E-state index >= 15 is 0 Å². The summed E-state index contributed by atoms with van der Waals surface area (Å²) < 4.78 is 0. The number of carbonyl (C=O) groups is 1. The molecule has 0 aromatic heterocycles. The fourth-order valence-corrected chi connectivity index (χ4v) is 1.08. The van der Waals surface area contributed by atoms with Gasteiger partial charge >= 0.3 is 0 Å². The number of likely N-dealkylation sites (N-methyl/N-ethyl adjacent to an activating group) is 1. The highest BCUT2D eigenvalue weighted by Crippen LogP contribution is 1.92. The first kappa shape index (κ1) is 11.8. The number of hydrogen-bond donors (Lipinski definition) is 2. The highest BCUT2D eigenvalue weighted by molar-refractivity contribution is 7.81. The lowest BCUT2D eigenvalue weighted by Crippen LogP contribution is -2.41. The van der Waals surface area contributed by atoms with Crippen LogP contribution < -0.4 is 5.32 Å². The molecule has 0 rings (SSSR count). The molecule has 0 heterocycles. The molecule has 0 aromatic carbocycles. The zero-order chi connectivity index (χ0) is 9.56. The Hall–Kier alpha value is -0.220. The highest BCUT2D eigenvalue weighted by atomic mass is 32.1. The lowest BCUT2D eigenvalue weighted by atomic mass is 10.2. The molecule has 0 unspecified atom stereocenters. The molecule has 72 valence electrons. The molecule has 0 saturated heterocycles. The van der Waals surface area contributed by atoms with Crippen LogP contribution in [0.5, 0.6) is 0 Å². The quantitative estimate of drug-likeness (QED) is 0.614. The Morgan fingerprint density at radius 3 is 2.50 bits per heavy atom. The Kier molecular flexibility index (Phi) is 6.20. The van der Waals surface area contributed by atoms with Crippen molar-refractivity contribution in [2.45, 2.75) is 19.4 Å². The lowest BCUT2D eigenvalue weighted by molar-refractivity contribution is -0.119. The zero-order valence-electron chi connectivity index (χ0n) is 8.00. The fraction of sp³-hybridized carbons (Fsp3) is 0.875. The minimum atomic E-state index is 0.00651. The predicted octanol–water partition coefficient (Wildman–Crippen LogP) is 0.373. The van der Waals surface area contributed by atoms with E-state index in [1.54, 1.807) is 0 Å². The van der Waals surface area contributed by atoms with E-state index in [9.17, 15) is 4.79 Å². The topological polar surface area (TPSA) is 32.3 Å². The van der Waals surface area contributed by atoms with E-state index in [0.717, 1.165) is 13.0 Å². The van der Waals surface area contributed by atoms with E-state index in [1.165, 1.54) is 0 Å². The second-order valence-electron chi connectivity index (χ2n) is 3.09. The molecule has 0 radical (unpaired) electrons. The average molecular weight is 190 g/mol. The second kappa shape index (κ2) is 6.31. The molecule has 0 bridgehead atoms. The predicted molar refractivity (Wildman–Crippen MR) is 54.6 cm³/mol. The van der Waals surface area contributed by atoms with Gasteiger partial charge in [0.15, 0.2) is 0 Å². The van der Waals surface area contributed by atoms with Gasteiger partial charge in [-0.1, -0.05) is 6.92 Å². The molecule has 0 aliphatic carbocycles. The van der Waals surface area contributed by atoms with Gasteiger partial charge in [0, 0.05) is 12.6 Å². The summed E-state index contributed by atoms with van der Waals surface area (Å²) in [5.41, 5.74) is 0. The number of rotatable bonds is 5. The fourth-order valence-electron chi connectivity index (χ4n) is 0.991. The Morgan fingerprint density at radius 2 is 2.17 bits per heavy atom. The SMILES string of the molecule is CC[C@@H](CN(C)C)NC(=O)CS. The molecule has 1 amide bonds. The van der Waals surface area contributed by atoms with Crippen LogP contribution in [0.1, 0.15) is 13.3 Å². The first-order chi connectivity index (χ1) is 5.60. The van der Waals surface area contributed by atoms with E-state index in [-0.39, 0.29) is 17.7 Å². The smallest absolute Gasteiger partial charge is 0.229 e. The maximum Gasteiger partial charge on any atom is 0.229 e. The summed E-state index contributed by atoms with van der Waals surface area (Å²) in [6, 6.07) is 0.250. The van der Waals surface area contributed by atoms with E-state index < -0.39 is 0 Å². The Balaban J connectivity index is 3.74. The van der Waals surface area contributed by atoms with Crippen LogP contribution in [0.2, 0.25) is 0 Å². The van der Waals surface area contributed by atoms with Crippen molar-refractivity contribution < 1.29 is 4.79 Å². The summed E-state index contributed by atoms with van der Waals surface area (Å²) in [7, 11) is 3.99. The van der Waals surface area contributed by atoms with Gasteiger partial charge in [0.05, 0.1) is 5.75 Å². The number of nitrogens with zero attached hydrogens (tertiary/aromatic N) is 1. The number of thiol groups is 1. The van der Waals surface area contributed by atoms with Gasteiger partial charge in [-0.15, -0.1) is 0 Å². The van der Waals surface area contributed by atoms with Crippen LogP contribution in [0.3, 0.4) is 0 Å². The second-order valence-corrected chi connectivity index (χ2v) is 3.41. The van der Waals surface area contributed by atoms with Gasteiger partial charge in [-0.25, -0.2) is 0 Å². The van der Waals surface area contributed by atoms with Crippen molar-refractivity contribution in [2.75, 3.05) is 26.4 Å². The molecule has 4 heteroatoms. The summed E-state index contributed by atoms with van der Waals surface area (Å²) in [6.07, 6.45) is 0.956. The van der Waals surface area contributed by atoms with E-state index in [4.69, 9.17) is 0 Å². The van der Waals surface area contributed by atoms with Crippen molar-refractivity contribution in [1.29, 1.82) is 0 Å². The molecular formula is C8H18N2OS. The maximum atomic E-state index is 11.0. The highest BCUT2D eigenvalue weighted by Gasteiger charge is 2.09. The summed E-state index contributed by atoms with van der Waals surface area (Å²) in [6.45, 7) is 2.95. The van der Waals surface area contributed by atoms with Crippen LogP contribution in [-0.4, -0.2) is 43.2 Å². The molecule has 0 saturated carbocycles. The van der Waals surface area contributed by atoms with Gasteiger partial charge in [-0.05, 0) is 20.5 Å². The van der Waals surface area contributed by atoms with Gasteiger partial charge in [-0.2, -0.15) is 12.6 Å². The minimum Gasteiger partial charge on any atom is -0.351 e. The molecule has 1 atom stereocenters. The van der Waals surface area contributed by atoms with Gasteiger partial charge in [-0.3, -0.25) is 4.79 Å². The van der Waals surface area contributed by atoms with E-state index in [1.807, 2.05) is 14.1 Å². The van der Waals surface area contributed by atoms with Crippen molar-refractivity contribution >= 4 is 18.5 Å². The van der Waals surface area contributed by atoms with Crippen molar-refractivity contribution in [3.63, 3.8) is 0 Å². The molecule has 12 heavy (non-hydrogen) atoms. The Morgan fingerprint density at radius 1 is 1.58 bits per heavy atom. The summed E-state index contributed by atoms with van der Waals surface area (Å²) in [5.74, 6) is 0.274. The summed E-state index contributed by atoms with van der Waals surface area (Å²) in [5, 5.41) is 2.89. The normalized spacial score (nSPS) is 13.1. The van der Waals surface area contributed by atoms with Crippen molar-refractivity contribution in [3.8, 4) is 0 Å². The van der Waals surface area contributed by atoms with Gasteiger partial charge in [0.1, 0.15) is 0 Å². The lowest BCUT2D eigenvalue weighted by Gasteiger charge is -2.20. The largest absolute Gasteiger partial charge is 0.351 e. The standard InChI is InChI=1S/C8H18N2OS/c1-4-7(5-10(2)3)9-8(11)6-12/h7,12H,4-6H2,1-3H3,(H,9,11)/t7-/m0/s1. The van der Waals surface area contributed by atoms with Crippen LogP contribution in [0, 0.1) is 0 Å². The Labute approximate surface area is 79.9 Å². The number of amides is 1. The van der Waals surface area contributed by atoms with E-state index in [0.29, 0.717) is 0 Å². The number of nitrogens with one attached hydrogen (secondary N) is 1. The number of carbonyl (C=O) groups excluding carboxylic acids is 1. The molecule has 0 aliphatic rings. The molecule has 0 spiro atoms. The summed E-state index contributed by atoms with van der Waals surface area (Å²) >= 11 is 3.89. The third-order valence-electron chi connectivity index (χ3n) is 1.59. The maximum absolute atomic E-state index is 11.0. The Bertz CT molecular complexity index is 139. The zero-order valence-corrected chi connectivity index (χ0v) is 8.90. The minimum absolute atomic E-state index is 0.00651. The van der Waals surface area contributed by atoms with Gasteiger partial charge in [0.25, 0.3) is 0 Å². The van der Waals surface area contributed by atoms with Crippen LogP contribution >= 0.6 is 12.6 Å². The van der Waals surface area contributed by atoms with Crippen molar-refractivity contribution in [1.82, 2.24) is 10.2 Å². The monoisotopic (exact) mass is 190 g/mol. The molecular weight excluding hydrogens is 172 g/mol. The molecule has 1 N–H and O–H groups in total. The molecule has 0 aliphatic heterocycles. The van der Waals surface area contributed by atoms with Crippen molar-refractivity contribution in [3.05, 3.63) is 0 Å². The molecule has 0 aromatic rings. The number of hydrogen-bond acceptors (Lipinski definition) is 3. The first-order valence-corrected chi connectivity index (χ1v) is 4.78. The van der Waals surface area contributed by atoms with Crippen molar-refractivity contribution in [2.24, 2.45) is 0 Å². The van der Waals surface area contributed by atoms with E-state index in [2.05, 4.69) is 29.8 Å². The van der Waals surface area contributed by atoms with Crippen LogP contribution in [0.25, 0.3) is 0 Å². The molecule has 3 nitrogen and oxygen atoms in total. The summed E-state index contributed by atoms with van der Waals surface area (Å²) in [4.78, 5) is 13.0. The average Bonchev–Trinajstić information content (AvgIpc) is 2.02. The van der Waals surface area contributed by atoms with Gasteiger partial charge < -0.3 is 10.2 Å². The van der Waals surface area contributed by atoms with Gasteiger partial charge in [0.2, 0.25) is 5.91 Å². The third kappa shape index (κ3) is 5.43. The van der Waals surface area contributed by atoms with Crippen LogP contribution in [-0.2, 0) is 4.79 Å². The third-order valence-corrected chi connectivity index (χ3v) is 1.87.